The van der Waals surface area contributed by atoms with E-state index in [9.17, 15) is 4.79 Å². The van der Waals surface area contributed by atoms with Gasteiger partial charge < -0.3 is 10.1 Å². The van der Waals surface area contributed by atoms with Gasteiger partial charge in [0.2, 0.25) is 5.91 Å². The number of halogens is 2. The van der Waals surface area contributed by atoms with Crippen LogP contribution in [0.1, 0.15) is 13.3 Å². The van der Waals surface area contributed by atoms with E-state index in [2.05, 4.69) is 21.2 Å². The second kappa shape index (κ2) is 6.89. The van der Waals surface area contributed by atoms with Crippen molar-refractivity contribution in [3.8, 4) is 0 Å². The second-order valence-corrected chi connectivity index (χ2v) is 4.49. The monoisotopic (exact) mass is 305 g/mol. The number of amides is 1. The van der Waals surface area contributed by atoms with Gasteiger partial charge in [0.05, 0.1) is 5.02 Å². The fraction of sp³-hybridized carbons (Fsp3) is 0.364. The minimum Gasteiger partial charge on any atom is -0.372 e. The molecule has 0 saturated heterocycles. The number of benzene rings is 1. The lowest BCUT2D eigenvalue weighted by Crippen LogP contribution is -2.18. The Kier molecular flexibility index (Phi) is 5.80. The maximum absolute atomic E-state index is 11.4. The normalized spacial score (nSPS) is 10.2. The van der Waals surface area contributed by atoms with Crippen LogP contribution >= 0.6 is 27.5 Å². The van der Waals surface area contributed by atoms with Gasteiger partial charge in [0, 0.05) is 16.8 Å². The molecule has 1 amide bonds. The number of ether oxygens (including phenoxy) is 1. The van der Waals surface area contributed by atoms with Gasteiger partial charge in [0.1, 0.15) is 6.61 Å². The van der Waals surface area contributed by atoms with E-state index in [1.807, 2.05) is 6.92 Å². The summed E-state index contributed by atoms with van der Waals surface area (Å²) >= 11 is 9.17. The molecule has 0 aliphatic rings. The van der Waals surface area contributed by atoms with Crippen LogP contribution in [0.5, 0.6) is 0 Å². The summed E-state index contributed by atoms with van der Waals surface area (Å²) in [7, 11) is 0. The average molecular weight is 307 g/mol. The zero-order valence-corrected chi connectivity index (χ0v) is 11.3. The Morgan fingerprint density at radius 3 is 2.94 bits per heavy atom. The molecule has 0 saturated carbocycles. The summed E-state index contributed by atoms with van der Waals surface area (Å²) in [5.41, 5.74) is 0.665. The molecule has 1 rings (SSSR count). The van der Waals surface area contributed by atoms with Crippen molar-refractivity contribution >= 4 is 39.1 Å². The van der Waals surface area contributed by atoms with E-state index in [0.29, 0.717) is 17.3 Å². The lowest BCUT2D eigenvalue weighted by molar-refractivity contribution is -0.120. The molecule has 1 aromatic carbocycles. The highest BCUT2D eigenvalue weighted by Crippen LogP contribution is 2.25. The minimum absolute atomic E-state index is 0.0710. The summed E-state index contributed by atoms with van der Waals surface area (Å²) in [6.07, 6.45) is 0.900. The molecule has 16 heavy (non-hydrogen) atoms. The van der Waals surface area contributed by atoms with Crippen LogP contribution in [0.25, 0.3) is 0 Å². The number of nitrogens with one attached hydrogen (secondary N) is 1. The molecule has 0 aliphatic heterocycles. The third-order valence-corrected chi connectivity index (χ3v) is 3.02. The van der Waals surface area contributed by atoms with Crippen molar-refractivity contribution < 1.29 is 9.53 Å². The molecule has 3 nitrogen and oxygen atoms in total. The molecule has 0 heterocycles. The average Bonchev–Trinajstić information content (AvgIpc) is 2.24. The quantitative estimate of drug-likeness (QED) is 0.846. The van der Waals surface area contributed by atoms with Crippen LogP contribution in [0.3, 0.4) is 0 Å². The molecule has 1 aromatic rings. The van der Waals surface area contributed by atoms with E-state index in [1.54, 1.807) is 18.2 Å². The Balaban J connectivity index is 2.46. The number of anilines is 1. The van der Waals surface area contributed by atoms with Crippen molar-refractivity contribution in [2.75, 3.05) is 18.5 Å². The van der Waals surface area contributed by atoms with Crippen LogP contribution in [0.4, 0.5) is 5.69 Å². The van der Waals surface area contributed by atoms with Crippen LogP contribution in [0.2, 0.25) is 5.02 Å². The molecule has 0 aliphatic carbocycles. The van der Waals surface area contributed by atoms with E-state index in [-0.39, 0.29) is 12.5 Å². The standard InChI is InChI=1S/C11H13BrClNO2/c1-2-5-16-7-11(15)14-8-3-4-9(12)10(13)6-8/h3-4,6H,2,5,7H2,1H3,(H,14,15). The van der Waals surface area contributed by atoms with E-state index in [4.69, 9.17) is 16.3 Å². The summed E-state index contributed by atoms with van der Waals surface area (Å²) in [5.74, 6) is -0.174. The third-order valence-electron chi connectivity index (χ3n) is 1.78. The van der Waals surface area contributed by atoms with Crippen molar-refractivity contribution in [1.29, 1.82) is 0 Å². The first kappa shape index (κ1) is 13.5. The van der Waals surface area contributed by atoms with Crippen LogP contribution in [0, 0.1) is 0 Å². The van der Waals surface area contributed by atoms with Crippen LogP contribution < -0.4 is 5.32 Å². The number of carbonyl (C=O) groups excluding carboxylic acids is 1. The van der Waals surface area contributed by atoms with Crippen LogP contribution in [-0.2, 0) is 9.53 Å². The fourth-order valence-corrected chi connectivity index (χ4v) is 1.51. The predicted molar refractivity (Wildman–Crippen MR) is 68.9 cm³/mol. The van der Waals surface area contributed by atoms with Gasteiger partial charge in [-0.25, -0.2) is 0 Å². The second-order valence-electron chi connectivity index (χ2n) is 3.23. The molecular weight excluding hydrogens is 293 g/mol. The summed E-state index contributed by atoms with van der Waals surface area (Å²) < 4.78 is 5.92. The fourth-order valence-electron chi connectivity index (χ4n) is 1.08. The Morgan fingerprint density at radius 2 is 2.31 bits per heavy atom. The molecule has 0 unspecified atom stereocenters. The van der Waals surface area contributed by atoms with Crippen LogP contribution in [-0.4, -0.2) is 19.1 Å². The van der Waals surface area contributed by atoms with Crippen molar-refractivity contribution in [2.45, 2.75) is 13.3 Å². The summed E-state index contributed by atoms with van der Waals surface area (Å²) in [6, 6.07) is 5.24. The topological polar surface area (TPSA) is 38.3 Å². The summed E-state index contributed by atoms with van der Waals surface area (Å²) in [5, 5.41) is 3.26. The van der Waals surface area contributed by atoms with Crippen LogP contribution in [0.15, 0.2) is 22.7 Å². The van der Waals surface area contributed by atoms with E-state index < -0.39 is 0 Å². The predicted octanol–water partition coefficient (Wildman–Crippen LogP) is 3.47. The minimum atomic E-state index is -0.174. The number of hydrogen-bond donors (Lipinski definition) is 1. The van der Waals surface area contributed by atoms with Crippen molar-refractivity contribution in [1.82, 2.24) is 0 Å². The number of rotatable bonds is 5. The van der Waals surface area contributed by atoms with Gasteiger partial charge in [-0.15, -0.1) is 0 Å². The van der Waals surface area contributed by atoms with Crippen molar-refractivity contribution in [2.24, 2.45) is 0 Å². The van der Waals surface area contributed by atoms with Gasteiger partial charge in [0.25, 0.3) is 0 Å². The molecular formula is C11H13BrClNO2. The first-order valence-electron chi connectivity index (χ1n) is 4.96. The molecule has 0 fully saturated rings. The molecule has 0 radical (unpaired) electrons. The van der Waals surface area contributed by atoms with E-state index in [0.717, 1.165) is 10.9 Å². The van der Waals surface area contributed by atoms with Gasteiger partial charge in [-0.2, -0.15) is 0 Å². The lowest BCUT2D eigenvalue weighted by atomic mass is 10.3. The molecule has 0 spiro atoms. The Labute approximate surface area is 108 Å². The smallest absolute Gasteiger partial charge is 0.250 e. The Hall–Kier alpha value is -0.580. The Morgan fingerprint density at radius 1 is 1.56 bits per heavy atom. The number of hydrogen-bond acceptors (Lipinski definition) is 2. The molecule has 5 heteroatoms. The largest absolute Gasteiger partial charge is 0.372 e. The molecule has 1 N–H and O–H groups in total. The van der Waals surface area contributed by atoms with Gasteiger partial charge in [-0.3, -0.25) is 4.79 Å². The van der Waals surface area contributed by atoms with E-state index >= 15 is 0 Å². The molecule has 0 bridgehead atoms. The molecule has 0 atom stereocenters. The Bertz CT molecular complexity index is 371. The molecule has 0 aromatic heterocycles. The summed E-state index contributed by atoms with van der Waals surface area (Å²) in [6.45, 7) is 2.66. The summed E-state index contributed by atoms with van der Waals surface area (Å²) in [4.78, 5) is 11.4. The lowest BCUT2D eigenvalue weighted by Gasteiger charge is -2.06. The molecule has 88 valence electrons. The SMILES string of the molecule is CCCOCC(=O)Nc1ccc(Br)c(Cl)c1. The van der Waals surface area contributed by atoms with E-state index in [1.165, 1.54) is 0 Å². The maximum atomic E-state index is 11.4. The first-order valence-corrected chi connectivity index (χ1v) is 6.13. The zero-order valence-electron chi connectivity index (χ0n) is 8.93. The highest BCUT2D eigenvalue weighted by molar-refractivity contribution is 9.10. The number of carbonyl (C=O) groups is 1. The van der Waals surface area contributed by atoms with Gasteiger partial charge >= 0.3 is 0 Å². The van der Waals surface area contributed by atoms with Gasteiger partial charge in [0.15, 0.2) is 0 Å². The first-order chi connectivity index (χ1) is 7.63. The third kappa shape index (κ3) is 4.51. The van der Waals surface area contributed by atoms with Crippen molar-refractivity contribution in [3.05, 3.63) is 27.7 Å². The maximum Gasteiger partial charge on any atom is 0.250 e. The van der Waals surface area contributed by atoms with Gasteiger partial charge in [-0.05, 0) is 40.5 Å². The highest BCUT2D eigenvalue weighted by atomic mass is 79.9. The highest BCUT2D eigenvalue weighted by Gasteiger charge is 2.04. The zero-order chi connectivity index (χ0) is 12.0. The van der Waals surface area contributed by atoms with Gasteiger partial charge in [-0.1, -0.05) is 18.5 Å². The van der Waals surface area contributed by atoms with Crippen molar-refractivity contribution in [3.63, 3.8) is 0 Å².